The highest BCUT2D eigenvalue weighted by Crippen LogP contribution is 2.13. The first kappa shape index (κ1) is 16.1. The topological polar surface area (TPSA) is 99.9 Å². The Morgan fingerprint density at radius 2 is 2.05 bits per heavy atom. The summed E-state index contributed by atoms with van der Waals surface area (Å²) in [4.78, 5) is 15.7. The summed E-state index contributed by atoms with van der Waals surface area (Å²) in [6, 6.07) is 9.70. The molecule has 1 aromatic carbocycles. The van der Waals surface area contributed by atoms with Gasteiger partial charge in [-0.1, -0.05) is 18.2 Å². The number of sulfonamides is 1. The van der Waals surface area contributed by atoms with Crippen molar-refractivity contribution >= 4 is 31.9 Å². The van der Waals surface area contributed by atoms with Gasteiger partial charge in [-0.15, -0.1) is 0 Å². The Balaban J connectivity index is 2.18. The maximum absolute atomic E-state index is 12.1. The Morgan fingerprint density at radius 1 is 1.32 bits per heavy atom. The number of amides is 1. The van der Waals surface area contributed by atoms with Gasteiger partial charge in [0.2, 0.25) is 10.0 Å². The van der Waals surface area contributed by atoms with E-state index in [0.717, 1.165) is 0 Å². The number of aromatic nitrogens is 1. The van der Waals surface area contributed by atoms with Gasteiger partial charge in [-0.05, 0) is 33.6 Å². The molecule has 0 aliphatic heterocycles. The highest BCUT2D eigenvalue weighted by atomic mass is 79.9. The predicted octanol–water partition coefficient (Wildman–Crippen LogP) is 1.98. The van der Waals surface area contributed by atoms with Gasteiger partial charge in [0.15, 0.2) is 0 Å². The van der Waals surface area contributed by atoms with Gasteiger partial charge < -0.3 is 0 Å². The largest absolute Gasteiger partial charge is 0.268 e. The fourth-order valence-corrected chi connectivity index (χ4v) is 3.23. The molecule has 1 aromatic heterocycles. The monoisotopic (exact) mass is 379 g/mol. The van der Waals surface area contributed by atoms with Crippen LogP contribution in [0.1, 0.15) is 21.5 Å². The van der Waals surface area contributed by atoms with E-state index in [1.807, 2.05) is 10.8 Å². The molecule has 2 rings (SSSR count). The molecule has 0 atom stereocenters. The minimum absolute atomic E-state index is 0.117. The first-order valence-electron chi connectivity index (χ1n) is 6.04. The second-order valence-electron chi connectivity index (χ2n) is 4.35. The van der Waals surface area contributed by atoms with Crippen LogP contribution in [-0.2, 0) is 15.8 Å². The van der Waals surface area contributed by atoms with Gasteiger partial charge in [-0.3, -0.25) is 9.78 Å². The lowest BCUT2D eigenvalue weighted by molar-refractivity contribution is 0.0981. The van der Waals surface area contributed by atoms with Gasteiger partial charge in [-0.25, -0.2) is 13.1 Å². The van der Waals surface area contributed by atoms with Crippen LogP contribution in [0.15, 0.2) is 47.2 Å². The molecule has 0 saturated heterocycles. The molecule has 0 saturated carbocycles. The molecule has 6 nitrogen and oxygen atoms in total. The van der Waals surface area contributed by atoms with Gasteiger partial charge in [0.05, 0.1) is 22.9 Å². The summed E-state index contributed by atoms with van der Waals surface area (Å²) >= 11 is 3.15. The number of carbonyl (C=O) groups is 1. The zero-order valence-electron chi connectivity index (χ0n) is 11.2. The quantitative estimate of drug-likeness (QED) is 0.874. The number of hydrogen-bond donors (Lipinski definition) is 1. The van der Waals surface area contributed by atoms with Crippen LogP contribution >= 0.6 is 15.9 Å². The average Bonchev–Trinajstić information content (AvgIpc) is 2.47. The lowest BCUT2D eigenvalue weighted by Gasteiger charge is -2.08. The Bertz CT molecular complexity index is 860. The number of benzene rings is 1. The fourth-order valence-electron chi connectivity index (χ4n) is 1.73. The number of pyridine rings is 1. The standard InChI is InChI=1S/C14H10BrN3O3S/c15-13-5-12(7-17-8-13)14(19)18-22(20,21)9-11-4-2-1-3-10(11)6-16/h1-5,7-8H,9H2,(H,18,19). The van der Waals surface area contributed by atoms with Crippen LogP contribution in [0.5, 0.6) is 0 Å². The van der Waals surface area contributed by atoms with Gasteiger partial charge in [-0.2, -0.15) is 5.26 Å². The van der Waals surface area contributed by atoms with Crippen molar-refractivity contribution in [3.63, 3.8) is 0 Å². The summed E-state index contributed by atoms with van der Waals surface area (Å²) in [6.45, 7) is 0. The Labute approximate surface area is 136 Å². The molecule has 112 valence electrons. The molecule has 0 spiro atoms. The number of carbonyl (C=O) groups excluding carboxylic acids is 1. The van der Waals surface area contributed by atoms with E-state index in [4.69, 9.17) is 5.26 Å². The number of nitriles is 1. The van der Waals surface area contributed by atoms with E-state index in [1.54, 1.807) is 12.1 Å². The van der Waals surface area contributed by atoms with Crippen molar-refractivity contribution in [3.05, 3.63) is 63.9 Å². The summed E-state index contributed by atoms with van der Waals surface area (Å²) < 4.78 is 26.7. The van der Waals surface area contributed by atoms with Gasteiger partial charge >= 0.3 is 0 Å². The number of hydrogen-bond acceptors (Lipinski definition) is 5. The summed E-state index contributed by atoms with van der Waals surface area (Å²) in [5.74, 6) is -1.23. The minimum Gasteiger partial charge on any atom is -0.268 e. The maximum atomic E-state index is 12.1. The smallest absolute Gasteiger partial charge is 0.266 e. The predicted molar refractivity (Wildman–Crippen MR) is 83.2 cm³/mol. The average molecular weight is 380 g/mol. The molecular formula is C14H10BrN3O3S. The van der Waals surface area contributed by atoms with Gasteiger partial charge in [0.1, 0.15) is 0 Å². The lowest BCUT2D eigenvalue weighted by atomic mass is 10.1. The summed E-state index contributed by atoms with van der Waals surface area (Å²) in [5, 5.41) is 8.96. The summed E-state index contributed by atoms with van der Waals surface area (Å²) in [7, 11) is -3.92. The SMILES string of the molecule is N#Cc1ccccc1CS(=O)(=O)NC(=O)c1cncc(Br)c1. The van der Waals surface area contributed by atoms with Crippen LogP contribution in [0.3, 0.4) is 0 Å². The molecule has 1 heterocycles. The Morgan fingerprint density at radius 3 is 2.73 bits per heavy atom. The van der Waals surface area contributed by atoms with Crippen molar-refractivity contribution in [2.75, 3.05) is 0 Å². The van der Waals surface area contributed by atoms with Crippen LogP contribution in [-0.4, -0.2) is 19.3 Å². The van der Waals surface area contributed by atoms with E-state index in [0.29, 0.717) is 10.0 Å². The van der Waals surface area contributed by atoms with Gasteiger partial charge in [0.25, 0.3) is 5.91 Å². The van der Waals surface area contributed by atoms with Crippen LogP contribution in [0.25, 0.3) is 0 Å². The molecular weight excluding hydrogens is 370 g/mol. The molecule has 0 unspecified atom stereocenters. The first-order valence-corrected chi connectivity index (χ1v) is 8.49. The zero-order valence-corrected chi connectivity index (χ0v) is 13.6. The third-order valence-electron chi connectivity index (χ3n) is 2.70. The highest BCUT2D eigenvalue weighted by Gasteiger charge is 2.18. The third kappa shape index (κ3) is 4.13. The van der Waals surface area contributed by atoms with Crippen LogP contribution in [0.4, 0.5) is 0 Å². The number of halogens is 1. The van der Waals surface area contributed by atoms with E-state index >= 15 is 0 Å². The highest BCUT2D eigenvalue weighted by molar-refractivity contribution is 9.10. The first-order chi connectivity index (χ1) is 10.4. The molecule has 0 fully saturated rings. The summed E-state index contributed by atoms with van der Waals surface area (Å²) in [5.41, 5.74) is 0.702. The van der Waals surface area contributed by atoms with Crippen LogP contribution < -0.4 is 4.72 Å². The van der Waals surface area contributed by atoms with Crippen molar-refractivity contribution in [3.8, 4) is 6.07 Å². The Hall–Kier alpha value is -2.24. The molecule has 0 radical (unpaired) electrons. The van der Waals surface area contributed by atoms with Crippen molar-refractivity contribution in [1.82, 2.24) is 9.71 Å². The van der Waals surface area contributed by atoms with Crippen molar-refractivity contribution in [2.45, 2.75) is 5.75 Å². The lowest BCUT2D eigenvalue weighted by Crippen LogP contribution is -2.31. The molecule has 2 aromatic rings. The molecule has 22 heavy (non-hydrogen) atoms. The zero-order chi connectivity index (χ0) is 16.2. The molecule has 1 N–H and O–H groups in total. The fraction of sp³-hybridized carbons (Fsp3) is 0.0714. The van der Waals surface area contributed by atoms with Crippen molar-refractivity contribution in [1.29, 1.82) is 5.26 Å². The number of rotatable bonds is 4. The minimum atomic E-state index is -3.92. The number of nitrogens with zero attached hydrogens (tertiary/aromatic N) is 2. The molecule has 0 aliphatic carbocycles. The second kappa shape index (κ2) is 6.68. The molecule has 1 amide bonds. The summed E-state index contributed by atoms with van der Waals surface area (Å²) in [6.07, 6.45) is 2.74. The van der Waals surface area contributed by atoms with E-state index < -0.39 is 21.7 Å². The molecule has 8 heteroatoms. The molecule has 0 bridgehead atoms. The normalized spacial score (nSPS) is 10.7. The van der Waals surface area contributed by atoms with E-state index in [9.17, 15) is 13.2 Å². The Kier molecular flexibility index (Phi) is 4.90. The van der Waals surface area contributed by atoms with Gasteiger partial charge in [0, 0.05) is 16.9 Å². The third-order valence-corrected chi connectivity index (χ3v) is 4.32. The van der Waals surface area contributed by atoms with Crippen molar-refractivity contribution in [2.24, 2.45) is 0 Å². The van der Waals surface area contributed by atoms with Crippen LogP contribution in [0, 0.1) is 11.3 Å². The second-order valence-corrected chi connectivity index (χ2v) is 6.99. The number of nitrogens with one attached hydrogen (secondary N) is 1. The van der Waals surface area contributed by atoms with E-state index in [2.05, 4.69) is 20.9 Å². The van der Waals surface area contributed by atoms with E-state index in [-0.39, 0.29) is 11.1 Å². The van der Waals surface area contributed by atoms with Crippen LogP contribution in [0.2, 0.25) is 0 Å². The van der Waals surface area contributed by atoms with Crippen molar-refractivity contribution < 1.29 is 13.2 Å². The molecule has 0 aliphatic rings. The maximum Gasteiger partial charge on any atom is 0.266 e. The van der Waals surface area contributed by atoms with E-state index in [1.165, 1.54) is 30.6 Å².